The van der Waals surface area contributed by atoms with Crippen LogP contribution in [0.3, 0.4) is 0 Å². The van der Waals surface area contributed by atoms with Gasteiger partial charge in [0.1, 0.15) is 0 Å². The first-order valence-corrected chi connectivity index (χ1v) is 3.80. The van der Waals surface area contributed by atoms with Gasteiger partial charge in [-0.25, -0.2) is 4.79 Å². The first-order chi connectivity index (χ1) is 6.00. The summed E-state index contributed by atoms with van der Waals surface area (Å²) < 4.78 is 4.68. The maximum absolute atomic E-state index is 10.4. The highest BCUT2D eigenvalue weighted by Gasteiger charge is 2.29. The zero-order chi connectivity index (χ0) is 10.3. The fraction of sp³-hybridized carbons (Fsp3) is 0.857. The number of aliphatic hydroxyl groups is 1. The van der Waals surface area contributed by atoms with Crippen LogP contribution >= 0.6 is 0 Å². The maximum atomic E-state index is 10.4. The van der Waals surface area contributed by atoms with Crippen molar-refractivity contribution in [3.63, 3.8) is 0 Å². The minimum Gasteiger partial charge on any atom is -0.479 e. The average Bonchev–Trinajstić information content (AvgIpc) is 2.03. The molecule has 0 radical (unpaired) electrons. The third-order valence-electron chi connectivity index (χ3n) is 1.37. The standard InChI is InChI=1S/C7H15NO5/c1-7(11,6(9)10)5-8-13-4-3-12-2/h8,11H,3-5H2,1-2H3,(H,9,10). The Morgan fingerprint density at radius 3 is 2.62 bits per heavy atom. The lowest BCUT2D eigenvalue weighted by Crippen LogP contribution is -2.45. The molecule has 0 rings (SSSR count). The molecule has 0 saturated carbocycles. The van der Waals surface area contributed by atoms with Gasteiger partial charge >= 0.3 is 5.97 Å². The largest absolute Gasteiger partial charge is 0.479 e. The number of rotatable bonds is 7. The molecule has 3 N–H and O–H groups in total. The Hall–Kier alpha value is -0.690. The van der Waals surface area contributed by atoms with Gasteiger partial charge in [-0.1, -0.05) is 0 Å². The number of carbonyl (C=O) groups is 1. The van der Waals surface area contributed by atoms with E-state index in [2.05, 4.69) is 10.2 Å². The van der Waals surface area contributed by atoms with Crippen molar-refractivity contribution in [2.45, 2.75) is 12.5 Å². The molecule has 0 saturated heterocycles. The van der Waals surface area contributed by atoms with Crippen LogP contribution in [0.25, 0.3) is 0 Å². The second-order valence-electron chi connectivity index (χ2n) is 2.74. The van der Waals surface area contributed by atoms with Crippen LogP contribution in [0.15, 0.2) is 0 Å². The molecule has 0 aromatic rings. The highest BCUT2D eigenvalue weighted by Crippen LogP contribution is 2.00. The van der Waals surface area contributed by atoms with Crippen molar-refractivity contribution < 1.29 is 24.6 Å². The Kier molecular flexibility index (Phi) is 5.56. The van der Waals surface area contributed by atoms with Gasteiger partial charge in [-0.05, 0) is 6.92 Å². The maximum Gasteiger partial charge on any atom is 0.336 e. The topological polar surface area (TPSA) is 88.0 Å². The number of hydrogen-bond acceptors (Lipinski definition) is 5. The molecular weight excluding hydrogens is 178 g/mol. The summed E-state index contributed by atoms with van der Waals surface area (Å²) in [5.74, 6) is -1.30. The number of ether oxygens (including phenoxy) is 1. The van der Waals surface area contributed by atoms with E-state index in [0.29, 0.717) is 13.2 Å². The monoisotopic (exact) mass is 193 g/mol. The van der Waals surface area contributed by atoms with Gasteiger partial charge in [-0.15, -0.1) is 0 Å². The van der Waals surface area contributed by atoms with Crippen molar-refractivity contribution in [3.05, 3.63) is 0 Å². The van der Waals surface area contributed by atoms with E-state index in [-0.39, 0.29) is 6.54 Å². The van der Waals surface area contributed by atoms with Crippen LogP contribution in [0, 0.1) is 0 Å². The molecular formula is C7H15NO5. The van der Waals surface area contributed by atoms with E-state index in [1.807, 2.05) is 0 Å². The summed E-state index contributed by atoms with van der Waals surface area (Å²) >= 11 is 0. The number of aliphatic carboxylic acids is 1. The number of hydrogen-bond donors (Lipinski definition) is 3. The second kappa shape index (κ2) is 5.87. The molecule has 0 fully saturated rings. The number of methoxy groups -OCH3 is 1. The SMILES string of the molecule is COCCONCC(C)(O)C(=O)O. The Labute approximate surface area is 76.4 Å². The molecule has 1 atom stereocenters. The van der Waals surface area contributed by atoms with E-state index in [4.69, 9.17) is 9.94 Å². The molecule has 78 valence electrons. The smallest absolute Gasteiger partial charge is 0.336 e. The molecule has 0 bridgehead atoms. The minimum atomic E-state index is -1.81. The van der Waals surface area contributed by atoms with Crippen LogP contribution in [0.2, 0.25) is 0 Å². The molecule has 13 heavy (non-hydrogen) atoms. The average molecular weight is 193 g/mol. The van der Waals surface area contributed by atoms with Gasteiger partial charge in [0.05, 0.1) is 19.8 Å². The Balaban J connectivity index is 3.46. The van der Waals surface area contributed by atoms with Crippen molar-refractivity contribution in [1.82, 2.24) is 5.48 Å². The fourth-order valence-electron chi connectivity index (χ4n) is 0.464. The fourth-order valence-corrected chi connectivity index (χ4v) is 0.464. The first-order valence-electron chi connectivity index (χ1n) is 3.80. The van der Waals surface area contributed by atoms with Gasteiger partial charge in [0.2, 0.25) is 0 Å². The van der Waals surface area contributed by atoms with Crippen LogP contribution in [0.4, 0.5) is 0 Å². The first kappa shape index (κ1) is 12.3. The van der Waals surface area contributed by atoms with Crippen molar-refractivity contribution in [1.29, 1.82) is 0 Å². The summed E-state index contributed by atoms with van der Waals surface area (Å²) in [6.07, 6.45) is 0. The van der Waals surface area contributed by atoms with Crippen molar-refractivity contribution >= 4 is 5.97 Å². The Bertz CT molecular complexity index is 159. The normalized spacial score (nSPS) is 15.3. The van der Waals surface area contributed by atoms with Crippen LogP contribution in [0.5, 0.6) is 0 Å². The van der Waals surface area contributed by atoms with E-state index < -0.39 is 11.6 Å². The molecule has 0 aromatic heterocycles. The predicted molar refractivity (Wildman–Crippen MR) is 44.1 cm³/mol. The van der Waals surface area contributed by atoms with Crippen LogP contribution in [-0.2, 0) is 14.4 Å². The summed E-state index contributed by atoms with van der Waals surface area (Å²) in [4.78, 5) is 15.1. The molecule has 6 nitrogen and oxygen atoms in total. The molecule has 0 aromatic carbocycles. The number of hydroxylamine groups is 1. The van der Waals surface area contributed by atoms with E-state index in [0.717, 1.165) is 0 Å². The molecule has 0 aliphatic heterocycles. The lowest BCUT2D eigenvalue weighted by Gasteiger charge is -2.17. The van der Waals surface area contributed by atoms with Crippen molar-refractivity contribution in [3.8, 4) is 0 Å². The van der Waals surface area contributed by atoms with Crippen LogP contribution < -0.4 is 5.48 Å². The molecule has 6 heteroatoms. The predicted octanol–water partition coefficient (Wildman–Crippen LogP) is -1.01. The van der Waals surface area contributed by atoms with Gasteiger partial charge in [-0.2, -0.15) is 5.48 Å². The third kappa shape index (κ3) is 5.53. The Morgan fingerprint density at radius 2 is 2.15 bits per heavy atom. The number of carboxylic acids is 1. The van der Waals surface area contributed by atoms with Gasteiger partial charge < -0.3 is 14.9 Å². The van der Waals surface area contributed by atoms with Crippen molar-refractivity contribution in [2.75, 3.05) is 26.9 Å². The van der Waals surface area contributed by atoms with Crippen LogP contribution in [-0.4, -0.2) is 48.7 Å². The summed E-state index contributed by atoms with van der Waals surface area (Å²) in [6.45, 7) is 1.71. The molecule has 0 aliphatic rings. The van der Waals surface area contributed by atoms with Gasteiger partial charge in [0.15, 0.2) is 5.60 Å². The van der Waals surface area contributed by atoms with Gasteiger partial charge in [-0.3, -0.25) is 4.84 Å². The third-order valence-corrected chi connectivity index (χ3v) is 1.37. The lowest BCUT2D eigenvalue weighted by atomic mass is 10.1. The zero-order valence-corrected chi connectivity index (χ0v) is 7.74. The summed E-state index contributed by atoms with van der Waals surface area (Å²) in [7, 11) is 1.52. The van der Waals surface area contributed by atoms with E-state index >= 15 is 0 Å². The van der Waals surface area contributed by atoms with Crippen LogP contribution in [0.1, 0.15) is 6.92 Å². The summed E-state index contributed by atoms with van der Waals surface area (Å²) in [6, 6.07) is 0. The molecule has 0 spiro atoms. The molecule has 0 amide bonds. The Morgan fingerprint density at radius 1 is 1.54 bits per heavy atom. The van der Waals surface area contributed by atoms with E-state index in [1.165, 1.54) is 14.0 Å². The summed E-state index contributed by atoms with van der Waals surface area (Å²) in [5.41, 5.74) is 0.519. The van der Waals surface area contributed by atoms with E-state index in [9.17, 15) is 9.90 Å². The molecule has 0 heterocycles. The quantitative estimate of drug-likeness (QED) is 0.354. The van der Waals surface area contributed by atoms with Gasteiger partial charge in [0.25, 0.3) is 0 Å². The van der Waals surface area contributed by atoms with E-state index in [1.54, 1.807) is 0 Å². The van der Waals surface area contributed by atoms with Gasteiger partial charge in [0, 0.05) is 7.11 Å². The number of carboxylic acid groups (broad SMARTS) is 1. The molecule has 0 aliphatic carbocycles. The highest BCUT2D eigenvalue weighted by molar-refractivity contribution is 5.76. The highest BCUT2D eigenvalue weighted by atomic mass is 16.7. The second-order valence-corrected chi connectivity index (χ2v) is 2.74. The minimum absolute atomic E-state index is 0.175. The lowest BCUT2D eigenvalue weighted by molar-refractivity contribution is -0.159. The summed E-state index contributed by atoms with van der Waals surface area (Å²) in [5, 5.41) is 17.6. The zero-order valence-electron chi connectivity index (χ0n) is 7.74. The number of nitrogens with one attached hydrogen (secondary N) is 1. The molecule has 1 unspecified atom stereocenters. The van der Waals surface area contributed by atoms with Crippen molar-refractivity contribution in [2.24, 2.45) is 0 Å².